The molecule has 0 saturated heterocycles. The van der Waals surface area contributed by atoms with Crippen LogP contribution in [0.4, 0.5) is 10.1 Å². The Morgan fingerprint density at radius 2 is 1.89 bits per heavy atom. The van der Waals surface area contributed by atoms with Gasteiger partial charge in [0.05, 0.1) is 28.8 Å². The number of hydrogen-bond acceptors (Lipinski definition) is 6. The van der Waals surface area contributed by atoms with Gasteiger partial charge in [0.2, 0.25) is 0 Å². The first-order chi connectivity index (χ1) is 18.5. The number of benzene rings is 2. The summed E-state index contributed by atoms with van der Waals surface area (Å²) in [7, 11) is 0. The number of nitrogens with one attached hydrogen (secondary N) is 3. The molecule has 6 aromatic rings. The fraction of sp³-hybridized carbons (Fsp3) is 0.138. The molecule has 190 valence electrons. The molecule has 4 aromatic heterocycles. The smallest absolute Gasteiger partial charge is 0.135 e. The van der Waals surface area contributed by atoms with Crippen molar-refractivity contribution in [3.63, 3.8) is 0 Å². The number of hydrogen-bond donors (Lipinski definition) is 5. The second-order valence-corrected chi connectivity index (χ2v) is 9.22. The van der Waals surface area contributed by atoms with Gasteiger partial charge in [-0.1, -0.05) is 25.5 Å². The maximum atomic E-state index is 14.0. The average molecular weight is 509 g/mol. The summed E-state index contributed by atoms with van der Waals surface area (Å²) in [5, 5.41) is 31.5. The predicted octanol–water partition coefficient (Wildman–Crippen LogP) is 6.21. The van der Waals surface area contributed by atoms with Crippen molar-refractivity contribution in [3.05, 3.63) is 78.9 Å². The number of aliphatic hydroxyl groups is 1. The highest BCUT2D eigenvalue weighted by Gasteiger charge is 2.16. The van der Waals surface area contributed by atoms with Crippen LogP contribution in [0.3, 0.4) is 0 Å². The molecular weight excluding hydrogens is 483 g/mol. The van der Waals surface area contributed by atoms with Gasteiger partial charge in [-0.25, -0.2) is 9.37 Å². The Morgan fingerprint density at radius 3 is 2.74 bits per heavy atom. The number of aromatic amines is 2. The van der Waals surface area contributed by atoms with Gasteiger partial charge in [-0.15, -0.1) is 0 Å². The van der Waals surface area contributed by atoms with Crippen LogP contribution >= 0.6 is 0 Å². The third kappa shape index (κ3) is 4.44. The van der Waals surface area contributed by atoms with E-state index in [-0.39, 0.29) is 5.75 Å². The van der Waals surface area contributed by atoms with Gasteiger partial charge in [0.15, 0.2) is 0 Å². The van der Waals surface area contributed by atoms with Gasteiger partial charge in [0.1, 0.15) is 29.0 Å². The summed E-state index contributed by atoms with van der Waals surface area (Å²) in [5.74, 6) is -0.632. The highest BCUT2D eigenvalue weighted by Crippen LogP contribution is 2.35. The largest absolute Gasteiger partial charge is 0.508 e. The topological polar surface area (TPSA) is 123 Å². The Hall–Kier alpha value is -4.76. The van der Waals surface area contributed by atoms with Gasteiger partial charge < -0.3 is 20.5 Å². The van der Waals surface area contributed by atoms with Gasteiger partial charge in [0, 0.05) is 28.7 Å². The van der Waals surface area contributed by atoms with E-state index in [2.05, 4.69) is 25.5 Å². The summed E-state index contributed by atoms with van der Waals surface area (Å²) < 4.78 is 14.0. The number of H-pyrrole nitrogens is 2. The molecule has 6 rings (SSSR count). The molecule has 0 saturated carbocycles. The van der Waals surface area contributed by atoms with Crippen LogP contribution in [0, 0.1) is 5.82 Å². The molecule has 4 heterocycles. The third-order valence-electron chi connectivity index (χ3n) is 6.45. The molecule has 2 aromatic carbocycles. The number of nitrogens with zero attached hydrogens (tertiary/aromatic N) is 3. The monoisotopic (exact) mass is 508 g/mol. The molecule has 0 aliphatic heterocycles. The minimum atomic E-state index is -0.642. The number of aliphatic hydroxyl groups excluding tert-OH is 1. The van der Waals surface area contributed by atoms with E-state index in [4.69, 9.17) is 4.98 Å². The van der Waals surface area contributed by atoms with Crippen LogP contribution in [0.1, 0.15) is 19.8 Å². The number of rotatable bonds is 7. The van der Waals surface area contributed by atoms with Crippen molar-refractivity contribution < 1.29 is 14.6 Å². The van der Waals surface area contributed by atoms with Crippen molar-refractivity contribution in [1.29, 1.82) is 0 Å². The molecule has 0 bridgehead atoms. The van der Waals surface area contributed by atoms with Crippen LogP contribution in [0.5, 0.6) is 5.75 Å². The summed E-state index contributed by atoms with van der Waals surface area (Å²) in [4.78, 5) is 12.6. The fourth-order valence-corrected chi connectivity index (χ4v) is 4.71. The molecule has 5 N–H and O–H groups in total. The Morgan fingerprint density at radius 1 is 1.00 bits per heavy atom. The quantitative estimate of drug-likeness (QED) is 0.163. The molecule has 0 fully saturated rings. The van der Waals surface area contributed by atoms with Crippen LogP contribution < -0.4 is 5.32 Å². The van der Waals surface area contributed by atoms with Crippen LogP contribution in [0.2, 0.25) is 0 Å². The van der Waals surface area contributed by atoms with Crippen molar-refractivity contribution in [1.82, 2.24) is 25.1 Å². The average Bonchev–Trinajstić information content (AvgIpc) is 3.52. The lowest BCUT2D eigenvalue weighted by atomic mass is 10.0. The maximum Gasteiger partial charge on any atom is 0.135 e. The number of fused-ring (bicyclic) bond motifs is 2. The maximum absolute atomic E-state index is 14.0. The normalized spacial score (nSPS) is 12.3. The molecule has 8 nitrogen and oxygen atoms in total. The fourth-order valence-electron chi connectivity index (χ4n) is 4.71. The lowest BCUT2D eigenvalue weighted by Crippen LogP contribution is -2.18. The number of halogens is 1. The number of phenolic OH excluding ortho intramolecular Hbond substituents is 1. The van der Waals surface area contributed by atoms with Crippen molar-refractivity contribution >= 4 is 27.6 Å². The van der Waals surface area contributed by atoms with Crippen LogP contribution in [0.25, 0.3) is 55.7 Å². The minimum Gasteiger partial charge on any atom is -0.508 e. The van der Waals surface area contributed by atoms with E-state index in [0.717, 1.165) is 45.7 Å². The van der Waals surface area contributed by atoms with Gasteiger partial charge in [-0.2, -0.15) is 5.10 Å². The number of phenols is 1. The lowest BCUT2D eigenvalue weighted by molar-refractivity contribution is 0.192. The van der Waals surface area contributed by atoms with E-state index >= 15 is 0 Å². The van der Waals surface area contributed by atoms with E-state index in [1.165, 1.54) is 6.07 Å². The zero-order valence-electron chi connectivity index (χ0n) is 20.5. The van der Waals surface area contributed by atoms with E-state index < -0.39 is 12.0 Å². The number of anilines is 1. The highest BCUT2D eigenvalue weighted by molar-refractivity contribution is 6.00. The van der Waals surface area contributed by atoms with Gasteiger partial charge in [0.25, 0.3) is 0 Å². The van der Waals surface area contributed by atoms with Gasteiger partial charge >= 0.3 is 0 Å². The molecule has 0 aliphatic carbocycles. The zero-order chi connectivity index (χ0) is 26.2. The van der Waals surface area contributed by atoms with Crippen molar-refractivity contribution in [3.8, 4) is 39.5 Å². The van der Waals surface area contributed by atoms with Crippen LogP contribution in [-0.2, 0) is 0 Å². The van der Waals surface area contributed by atoms with E-state index in [1.807, 2.05) is 49.4 Å². The Bertz CT molecular complexity index is 1760. The summed E-state index contributed by atoms with van der Waals surface area (Å²) in [6, 6.07) is 17.4. The Labute approximate surface area is 217 Å². The van der Waals surface area contributed by atoms with Crippen molar-refractivity contribution in [2.24, 2.45) is 0 Å². The van der Waals surface area contributed by atoms with E-state index in [9.17, 15) is 14.6 Å². The standard InChI is InChI=1S/C29H25FN6O2/c1-2-4-27(38)32-19-10-17(14-31-15-19)23-7-8-25-28(34-23)29(36-35-25)26-13-22-21(5-3-6-24(22)33-26)16-9-18(30)12-20(37)11-16/h3,5-15,27,32-33,37-38H,2,4H2,1H3,(H,35,36). The third-order valence-corrected chi connectivity index (χ3v) is 6.45. The second-order valence-electron chi connectivity index (χ2n) is 9.22. The molecule has 9 heteroatoms. The van der Waals surface area contributed by atoms with Gasteiger partial charge in [-0.3, -0.25) is 10.1 Å². The first-order valence-electron chi connectivity index (χ1n) is 12.4. The summed E-state index contributed by atoms with van der Waals surface area (Å²) in [5.41, 5.74) is 7.30. The number of aromatic nitrogens is 5. The SMILES string of the molecule is CCCC(O)Nc1cncc(-c2ccc3[nH]nc(-c4cc5c(-c6cc(O)cc(F)c6)cccc5[nH]4)c3n2)c1. The predicted molar refractivity (Wildman–Crippen MR) is 146 cm³/mol. The molecule has 0 aliphatic rings. The first kappa shape index (κ1) is 23.6. The Kier molecular flexibility index (Phi) is 5.97. The molecule has 38 heavy (non-hydrogen) atoms. The summed E-state index contributed by atoms with van der Waals surface area (Å²) in [6.45, 7) is 2.02. The van der Waals surface area contributed by atoms with Crippen LogP contribution in [-0.4, -0.2) is 41.6 Å². The van der Waals surface area contributed by atoms with Crippen molar-refractivity contribution in [2.45, 2.75) is 26.0 Å². The van der Waals surface area contributed by atoms with Gasteiger partial charge in [-0.05, 0) is 60.0 Å². The van der Waals surface area contributed by atoms with Crippen molar-refractivity contribution in [2.75, 3.05) is 5.32 Å². The molecule has 1 atom stereocenters. The zero-order valence-corrected chi connectivity index (χ0v) is 20.5. The molecule has 1 unspecified atom stereocenters. The van der Waals surface area contributed by atoms with E-state index in [1.54, 1.807) is 18.5 Å². The Balaban J connectivity index is 1.40. The summed E-state index contributed by atoms with van der Waals surface area (Å²) in [6.07, 6.45) is 4.26. The summed E-state index contributed by atoms with van der Waals surface area (Å²) >= 11 is 0. The molecule has 0 radical (unpaired) electrons. The minimum absolute atomic E-state index is 0.128. The highest BCUT2D eigenvalue weighted by atomic mass is 19.1. The van der Waals surface area contributed by atoms with Crippen LogP contribution in [0.15, 0.2) is 73.1 Å². The molecule has 0 spiro atoms. The number of aromatic hydroxyl groups is 1. The molecular formula is C29H25FN6O2. The lowest BCUT2D eigenvalue weighted by Gasteiger charge is -2.13. The number of pyridine rings is 2. The second kappa shape index (κ2) is 9.60. The van der Waals surface area contributed by atoms with E-state index in [0.29, 0.717) is 34.6 Å². The molecule has 0 amide bonds. The first-order valence-corrected chi connectivity index (χ1v) is 12.4.